The molecule has 21 heavy (non-hydrogen) atoms. The van der Waals surface area contributed by atoms with Crippen LogP contribution in [0.1, 0.15) is 44.5 Å². The molecule has 0 amide bonds. The molecule has 5 heteroatoms. The van der Waals surface area contributed by atoms with E-state index in [0.717, 1.165) is 11.4 Å². The molecule has 2 rings (SSSR count). The molecule has 0 aliphatic heterocycles. The molecule has 0 spiro atoms. The predicted molar refractivity (Wildman–Crippen MR) is 80.2 cm³/mol. The Morgan fingerprint density at radius 2 is 2.19 bits per heavy atom. The molecule has 1 aromatic rings. The third-order valence-electron chi connectivity index (χ3n) is 3.40. The molecule has 0 bridgehead atoms. The number of carbonyl (C=O) groups is 1. The molecule has 116 valence electrons. The SMILES string of the molecule is CCOC(=O)C(CC)Oc1ccc(C)nc1CNC1CC1. The molecule has 0 radical (unpaired) electrons. The number of hydrogen-bond acceptors (Lipinski definition) is 5. The van der Waals surface area contributed by atoms with E-state index in [4.69, 9.17) is 9.47 Å². The number of pyridine rings is 1. The number of ether oxygens (including phenoxy) is 2. The van der Waals surface area contributed by atoms with Crippen LogP contribution in [0.15, 0.2) is 12.1 Å². The van der Waals surface area contributed by atoms with E-state index in [2.05, 4.69) is 10.3 Å². The fourth-order valence-electron chi connectivity index (χ4n) is 2.05. The lowest BCUT2D eigenvalue weighted by Gasteiger charge is -2.18. The fraction of sp³-hybridized carbons (Fsp3) is 0.625. The van der Waals surface area contributed by atoms with Gasteiger partial charge < -0.3 is 14.8 Å². The molecule has 1 aliphatic rings. The summed E-state index contributed by atoms with van der Waals surface area (Å²) in [7, 11) is 0. The van der Waals surface area contributed by atoms with Crippen LogP contribution in [0.2, 0.25) is 0 Å². The van der Waals surface area contributed by atoms with Crippen molar-refractivity contribution in [3.05, 3.63) is 23.5 Å². The molecule has 0 aromatic carbocycles. The van der Waals surface area contributed by atoms with Crippen molar-refractivity contribution < 1.29 is 14.3 Å². The summed E-state index contributed by atoms with van der Waals surface area (Å²) in [5.74, 6) is 0.343. The van der Waals surface area contributed by atoms with E-state index in [1.807, 2.05) is 26.0 Å². The number of nitrogens with one attached hydrogen (secondary N) is 1. The van der Waals surface area contributed by atoms with Gasteiger partial charge in [0.15, 0.2) is 6.10 Å². The zero-order valence-corrected chi connectivity index (χ0v) is 13.0. The summed E-state index contributed by atoms with van der Waals surface area (Å²) in [5, 5.41) is 3.43. The van der Waals surface area contributed by atoms with Crippen LogP contribution in [0, 0.1) is 6.92 Å². The molecule has 1 atom stereocenters. The molecule has 1 N–H and O–H groups in total. The smallest absolute Gasteiger partial charge is 0.347 e. The second-order valence-corrected chi connectivity index (χ2v) is 5.32. The minimum Gasteiger partial charge on any atom is -0.477 e. The van der Waals surface area contributed by atoms with Crippen molar-refractivity contribution in [3.8, 4) is 5.75 Å². The summed E-state index contributed by atoms with van der Waals surface area (Å²) >= 11 is 0. The largest absolute Gasteiger partial charge is 0.477 e. The number of esters is 1. The average molecular weight is 292 g/mol. The number of nitrogens with zero attached hydrogens (tertiary/aromatic N) is 1. The van der Waals surface area contributed by atoms with Crippen LogP contribution < -0.4 is 10.1 Å². The quantitative estimate of drug-likeness (QED) is 0.745. The molecule has 1 saturated carbocycles. The lowest BCUT2D eigenvalue weighted by atomic mass is 10.2. The number of aromatic nitrogens is 1. The molecule has 5 nitrogen and oxygen atoms in total. The Morgan fingerprint density at radius 1 is 1.43 bits per heavy atom. The zero-order valence-electron chi connectivity index (χ0n) is 13.0. The van der Waals surface area contributed by atoms with Crippen LogP contribution in [0.3, 0.4) is 0 Å². The van der Waals surface area contributed by atoms with Crippen LogP contribution in [0.4, 0.5) is 0 Å². The maximum absolute atomic E-state index is 11.8. The van der Waals surface area contributed by atoms with Gasteiger partial charge in [-0.15, -0.1) is 0 Å². The maximum atomic E-state index is 11.8. The summed E-state index contributed by atoms with van der Waals surface area (Å²) in [5.41, 5.74) is 1.80. The summed E-state index contributed by atoms with van der Waals surface area (Å²) in [6, 6.07) is 4.38. The fourth-order valence-corrected chi connectivity index (χ4v) is 2.05. The van der Waals surface area contributed by atoms with Gasteiger partial charge in [0, 0.05) is 18.3 Å². The Labute approximate surface area is 126 Å². The van der Waals surface area contributed by atoms with E-state index >= 15 is 0 Å². The molecule has 0 saturated heterocycles. The van der Waals surface area contributed by atoms with Gasteiger partial charge in [-0.3, -0.25) is 4.98 Å². The summed E-state index contributed by atoms with van der Waals surface area (Å²) in [4.78, 5) is 16.4. The van der Waals surface area contributed by atoms with Crippen LogP contribution in [-0.2, 0) is 16.1 Å². The van der Waals surface area contributed by atoms with Crippen molar-refractivity contribution >= 4 is 5.97 Å². The lowest BCUT2D eigenvalue weighted by Crippen LogP contribution is -2.29. The average Bonchev–Trinajstić information content (AvgIpc) is 3.28. The van der Waals surface area contributed by atoms with Gasteiger partial charge in [-0.25, -0.2) is 4.79 Å². The highest BCUT2D eigenvalue weighted by Gasteiger charge is 2.23. The molecular formula is C16H24N2O3. The van der Waals surface area contributed by atoms with Gasteiger partial charge in [0.25, 0.3) is 0 Å². The molecule has 1 aliphatic carbocycles. The van der Waals surface area contributed by atoms with Crippen LogP contribution in [0.5, 0.6) is 5.75 Å². The number of carbonyl (C=O) groups excluding carboxylic acids is 1. The monoisotopic (exact) mass is 292 g/mol. The van der Waals surface area contributed by atoms with Gasteiger partial charge in [0.05, 0.1) is 12.3 Å². The lowest BCUT2D eigenvalue weighted by molar-refractivity contribution is -0.151. The highest BCUT2D eigenvalue weighted by atomic mass is 16.6. The van der Waals surface area contributed by atoms with E-state index in [1.54, 1.807) is 6.92 Å². The third-order valence-corrected chi connectivity index (χ3v) is 3.40. The van der Waals surface area contributed by atoms with Crippen molar-refractivity contribution in [1.29, 1.82) is 0 Å². The Bertz CT molecular complexity index is 486. The van der Waals surface area contributed by atoms with Crippen molar-refractivity contribution in [2.24, 2.45) is 0 Å². The third kappa shape index (κ3) is 4.70. The van der Waals surface area contributed by atoms with E-state index in [1.165, 1.54) is 12.8 Å². The van der Waals surface area contributed by atoms with Gasteiger partial charge >= 0.3 is 5.97 Å². The van der Waals surface area contributed by atoms with E-state index in [9.17, 15) is 4.79 Å². The van der Waals surface area contributed by atoms with Crippen molar-refractivity contribution in [2.75, 3.05) is 6.61 Å². The number of hydrogen-bond donors (Lipinski definition) is 1. The summed E-state index contributed by atoms with van der Waals surface area (Å²) in [6.07, 6.45) is 2.45. The standard InChI is InChI=1S/C16H24N2O3/c1-4-14(16(19)20-5-2)21-15-9-6-11(3)18-13(15)10-17-12-7-8-12/h6,9,12,14,17H,4-5,7-8,10H2,1-3H3. The summed E-state index contributed by atoms with van der Waals surface area (Å²) < 4.78 is 10.9. The normalized spacial score (nSPS) is 15.6. The van der Waals surface area contributed by atoms with Crippen LogP contribution >= 0.6 is 0 Å². The van der Waals surface area contributed by atoms with Crippen LogP contribution in [0.25, 0.3) is 0 Å². The minimum atomic E-state index is -0.575. The topological polar surface area (TPSA) is 60.5 Å². The molecule has 1 heterocycles. The van der Waals surface area contributed by atoms with Gasteiger partial charge in [-0.05, 0) is 45.2 Å². The maximum Gasteiger partial charge on any atom is 0.347 e. The first-order chi connectivity index (χ1) is 10.1. The summed E-state index contributed by atoms with van der Waals surface area (Å²) in [6.45, 7) is 6.68. The highest BCUT2D eigenvalue weighted by Crippen LogP contribution is 2.23. The second-order valence-electron chi connectivity index (χ2n) is 5.32. The first kappa shape index (κ1) is 15.8. The molecule has 1 aromatic heterocycles. The van der Waals surface area contributed by atoms with Crippen molar-refractivity contribution in [1.82, 2.24) is 10.3 Å². The van der Waals surface area contributed by atoms with Gasteiger partial charge in [0.1, 0.15) is 5.75 Å². The first-order valence-corrected chi connectivity index (χ1v) is 7.67. The second kappa shape index (κ2) is 7.41. The van der Waals surface area contributed by atoms with E-state index in [0.29, 0.717) is 31.4 Å². The van der Waals surface area contributed by atoms with Crippen molar-refractivity contribution in [3.63, 3.8) is 0 Å². The minimum absolute atomic E-state index is 0.318. The Morgan fingerprint density at radius 3 is 2.81 bits per heavy atom. The van der Waals surface area contributed by atoms with E-state index < -0.39 is 6.10 Å². The Kier molecular flexibility index (Phi) is 5.56. The number of rotatable bonds is 8. The highest BCUT2D eigenvalue weighted by molar-refractivity contribution is 5.75. The van der Waals surface area contributed by atoms with Crippen molar-refractivity contribution in [2.45, 2.75) is 58.7 Å². The Balaban J connectivity index is 2.07. The molecule has 1 fully saturated rings. The van der Waals surface area contributed by atoms with Gasteiger partial charge in [-0.1, -0.05) is 6.92 Å². The van der Waals surface area contributed by atoms with E-state index in [-0.39, 0.29) is 5.97 Å². The van der Waals surface area contributed by atoms with Gasteiger partial charge in [-0.2, -0.15) is 0 Å². The molecular weight excluding hydrogens is 268 g/mol. The number of aryl methyl sites for hydroxylation is 1. The van der Waals surface area contributed by atoms with Crippen LogP contribution in [-0.4, -0.2) is 29.7 Å². The zero-order chi connectivity index (χ0) is 15.2. The Hall–Kier alpha value is -1.62. The predicted octanol–water partition coefficient (Wildman–Crippen LogP) is 2.36. The first-order valence-electron chi connectivity index (χ1n) is 7.67. The molecule has 1 unspecified atom stereocenters. The van der Waals surface area contributed by atoms with Gasteiger partial charge in [0.2, 0.25) is 0 Å².